The minimum Gasteiger partial charge on any atom is -0.493 e. The molecule has 6 heteroatoms. The Morgan fingerprint density at radius 3 is 2.55 bits per heavy atom. The van der Waals surface area contributed by atoms with Crippen molar-refractivity contribution in [2.24, 2.45) is 0 Å². The number of nitrogens with zero attached hydrogens (tertiary/aromatic N) is 1. The zero-order valence-electron chi connectivity index (χ0n) is 13.0. The molecule has 1 N–H and O–H groups in total. The smallest absolute Gasteiger partial charge is 0.309 e. The molecule has 1 aromatic carbocycles. The van der Waals surface area contributed by atoms with Crippen molar-refractivity contribution in [1.82, 2.24) is 4.98 Å². The van der Waals surface area contributed by atoms with Crippen molar-refractivity contribution in [3.8, 4) is 11.5 Å². The van der Waals surface area contributed by atoms with Crippen molar-refractivity contribution in [3.63, 3.8) is 0 Å². The number of benzene rings is 1. The van der Waals surface area contributed by atoms with E-state index in [0.717, 1.165) is 10.6 Å². The molecule has 0 spiro atoms. The first-order valence-corrected chi connectivity index (χ1v) is 7.65. The molecule has 1 heterocycles. The van der Waals surface area contributed by atoms with Gasteiger partial charge in [0.05, 0.1) is 26.3 Å². The highest BCUT2D eigenvalue weighted by atomic mass is 32.1. The third-order valence-electron chi connectivity index (χ3n) is 3.52. The first kappa shape index (κ1) is 16.3. The van der Waals surface area contributed by atoms with Crippen LogP contribution in [0.3, 0.4) is 0 Å². The van der Waals surface area contributed by atoms with E-state index in [9.17, 15) is 4.79 Å². The highest BCUT2D eigenvalue weighted by Gasteiger charge is 2.28. The van der Waals surface area contributed by atoms with E-state index in [2.05, 4.69) is 18.8 Å². The molecule has 1 aromatic heterocycles. The Hall–Kier alpha value is -2.08. The van der Waals surface area contributed by atoms with Crippen molar-refractivity contribution in [3.05, 3.63) is 39.8 Å². The van der Waals surface area contributed by atoms with Crippen LogP contribution in [0.4, 0.5) is 0 Å². The van der Waals surface area contributed by atoms with Crippen LogP contribution in [-0.2, 0) is 16.6 Å². The van der Waals surface area contributed by atoms with Crippen molar-refractivity contribution in [2.45, 2.75) is 25.7 Å². The number of carbonyl (C=O) groups is 1. The normalized spacial score (nSPS) is 11.3. The van der Waals surface area contributed by atoms with Gasteiger partial charge in [0, 0.05) is 10.8 Å². The summed E-state index contributed by atoms with van der Waals surface area (Å²) in [6.07, 6.45) is -0.0570. The second-order valence-corrected chi connectivity index (χ2v) is 6.27. The zero-order chi connectivity index (χ0) is 16.3. The van der Waals surface area contributed by atoms with Gasteiger partial charge in [-0.05, 0) is 31.5 Å². The van der Waals surface area contributed by atoms with E-state index in [1.54, 1.807) is 19.6 Å². The molecule has 0 bridgehead atoms. The van der Waals surface area contributed by atoms with E-state index in [1.807, 2.05) is 18.2 Å². The number of rotatable bonds is 6. The number of hydrogen-bond acceptors (Lipinski definition) is 5. The van der Waals surface area contributed by atoms with Gasteiger partial charge in [0.25, 0.3) is 0 Å². The van der Waals surface area contributed by atoms with Crippen LogP contribution in [0, 0.1) is 0 Å². The molecule has 0 aliphatic rings. The lowest BCUT2D eigenvalue weighted by Gasteiger charge is -2.23. The predicted molar refractivity (Wildman–Crippen MR) is 85.1 cm³/mol. The number of carboxylic acids is 1. The topological polar surface area (TPSA) is 68.7 Å². The Kier molecular flexibility index (Phi) is 4.71. The van der Waals surface area contributed by atoms with Crippen LogP contribution in [0.15, 0.2) is 23.6 Å². The monoisotopic (exact) mass is 321 g/mol. The summed E-state index contributed by atoms with van der Waals surface area (Å²) >= 11 is 1.47. The summed E-state index contributed by atoms with van der Waals surface area (Å²) in [5, 5.41) is 11.5. The first-order valence-electron chi connectivity index (χ1n) is 6.77. The summed E-state index contributed by atoms with van der Waals surface area (Å²) in [6.45, 7) is 4.11. The summed E-state index contributed by atoms with van der Waals surface area (Å²) in [7, 11) is 3.20. The molecule has 0 atom stereocenters. The fourth-order valence-corrected chi connectivity index (χ4v) is 3.14. The van der Waals surface area contributed by atoms with E-state index < -0.39 is 5.97 Å². The van der Waals surface area contributed by atoms with Gasteiger partial charge in [-0.2, -0.15) is 0 Å². The van der Waals surface area contributed by atoms with Gasteiger partial charge >= 0.3 is 5.97 Å². The maximum atomic E-state index is 10.8. The minimum absolute atomic E-state index is 0.0570. The molecule has 0 aliphatic carbocycles. The molecule has 0 radical (unpaired) electrons. The molecule has 0 amide bonds. The predicted octanol–water partition coefficient (Wildman–Crippen LogP) is 3.11. The SMILES string of the molecule is COc1ccc(C(C)(C)c2nc(CC(=O)O)cs2)cc1OC. The summed E-state index contributed by atoms with van der Waals surface area (Å²) in [5.41, 5.74) is 1.27. The summed E-state index contributed by atoms with van der Waals surface area (Å²) in [5.74, 6) is 0.462. The number of methoxy groups -OCH3 is 2. The van der Waals surface area contributed by atoms with Crippen molar-refractivity contribution in [1.29, 1.82) is 0 Å². The van der Waals surface area contributed by atoms with Crippen LogP contribution < -0.4 is 9.47 Å². The number of carboxylic acid groups (broad SMARTS) is 1. The number of aromatic nitrogens is 1. The van der Waals surface area contributed by atoms with Gasteiger partial charge in [-0.1, -0.05) is 6.07 Å². The van der Waals surface area contributed by atoms with E-state index >= 15 is 0 Å². The van der Waals surface area contributed by atoms with Gasteiger partial charge in [-0.15, -0.1) is 11.3 Å². The molecular formula is C16H19NO4S. The molecule has 5 nitrogen and oxygen atoms in total. The molecule has 22 heavy (non-hydrogen) atoms. The van der Waals surface area contributed by atoms with E-state index in [1.165, 1.54) is 11.3 Å². The van der Waals surface area contributed by atoms with Crippen LogP contribution in [0.25, 0.3) is 0 Å². The Balaban J connectivity index is 2.37. The Bertz CT molecular complexity index is 679. The van der Waals surface area contributed by atoms with Gasteiger partial charge in [0.2, 0.25) is 0 Å². The third-order valence-corrected chi connectivity index (χ3v) is 4.74. The summed E-state index contributed by atoms with van der Waals surface area (Å²) in [4.78, 5) is 15.2. The zero-order valence-corrected chi connectivity index (χ0v) is 13.9. The molecule has 0 saturated carbocycles. The quantitative estimate of drug-likeness (QED) is 0.885. The van der Waals surface area contributed by atoms with Crippen LogP contribution in [0.1, 0.15) is 30.1 Å². The Morgan fingerprint density at radius 2 is 1.95 bits per heavy atom. The molecule has 0 fully saturated rings. The second-order valence-electron chi connectivity index (χ2n) is 5.41. The molecule has 2 rings (SSSR count). The highest BCUT2D eigenvalue weighted by Crippen LogP contribution is 2.38. The van der Waals surface area contributed by atoms with Crippen LogP contribution in [0.2, 0.25) is 0 Å². The molecule has 0 saturated heterocycles. The van der Waals surface area contributed by atoms with Crippen LogP contribution in [0.5, 0.6) is 11.5 Å². The van der Waals surface area contributed by atoms with Crippen molar-refractivity contribution >= 4 is 17.3 Å². The number of ether oxygens (including phenoxy) is 2. The lowest BCUT2D eigenvalue weighted by Crippen LogP contribution is -2.19. The number of aliphatic carboxylic acids is 1. The second kappa shape index (κ2) is 6.36. The van der Waals surface area contributed by atoms with Gasteiger partial charge in [-0.3, -0.25) is 4.79 Å². The fourth-order valence-electron chi connectivity index (χ4n) is 2.18. The largest absolute Gasteiger partial charge is 0.493 e. The highest BCUT2D eigenvalue weighted by molar-refractivity contribution is 7.09. The average molecular weight is 321 g/mol. The van der Waals surface area contributed by atoms with Gasteiger partial charge in [0.15, 0.2) is 11.5 Å². The third kappa shape index (κ3) is 3.22. The Labute approximate surface area is 133 Å². The molecule has 0 aliphatic heterocycles. The van der Waals surface area contributed by atoms with Gasteiger partial charge in [0.1, 0.15) is 5.01 Å². The van der Waals surface area contributed by atoms with E-state index in [4.69, 9.17) is 14.6 Å². The lowest BCUT2D eigenvalue weighted by atomic mass is 9.85. The first-order chi connectivity index (χ1) is 10.4. The van der Waals surface area contributed by atoms with Gasteiger partial charge in [-0.25, -0.2) is 4.98 Å². The van der Waals surface area contributed by atoms with Crippen molar-refractivity contribution in [2.75, 3.05) is 14.2 Å². The average Bonchev–Trinajstić information content (AvgIpc) is 2.94. The lowest BCUT2D eigenvalue weighted by molar-refractivity contribution is -0.136. The standard InChI is InChI=1S/C16H19NO4S/c1-16(2,15-17-11(9-22-15)8-14(18)19)10-5-6-12(20-3)13(7-10)21-4/h5-7,9H,8H2,1-4H3,(H,18,19). The maximum absolute atomic E-state index is 10.8. The summed E-state index contributed by atoms with van der Waals surface area (Å²) < 4.78 is 10.6. The molecule has 118 valence electrons. The Morgan fingerprint density at radius 1 is 1.27 bits per heavy atom. The van der Waals surface area contributed by atoms with Gasteiger partial charge < -0.3 is 14.6 Å². The fraction of sp³-hybridized carbons (Fsp3) is 0.375. The number of hydrogen-bond donors (Lipinski definition) is 1. The van der Waals surface area contributed by atoms with Crippen molar-refractivity contribution < 1.29 is 19.4 Å². The van der Waals surface area contributed by atoms with E-state index in [-0.39, 0.29) is 11.8 Å². The molecule has 2 aromatic rings. The minimum atomic E-state index is -0.874. The number of thiazole rings is 1. The van der Waals surface area contributed by atoms with Crippen LogP contribution in [-0.4, -0.2) is 30.3 Å². The van der Waals surface area contributed by atoms with E-state index in [0.29, 0.717) is 17.2 Å². The molecular weight excluding hydrogens is 302 g/mol. The molecule has 0 unspecified atom stereocenters. The maximum Gasteiger partial charge on any atom is 0.309 e. The van der Waals surface area contributed by atoms with Crippen LogP contribution >= 0.6 is 11.3 Å². The summed E-state index contributed by atoms with van der Waals surface area (Å²) in [6, 6.07) is 5.76.